The minimum atomic E-state index is 0.00430. The highest BCUT2D eigenvalue weighted by molar-refractivity contribution is 5.77. The van der Waals surface area contributed by atoms with Gasteiger partial charge in [0, 0.05) is 13.5 Å². The molecule has 160 valence electrons. The average Bonchev–Trinajstić information content (AvgIpc) is 2.77. The van der Waals surface area contributed by atoms with E-state index >= 15 is 0 Å². The zero-order valence-corrected chi connectivity index (χ0v) is 17.6. The molecule has 0 saturated carbocycles. The highest BCUT2D eigenvalue weighted by atomic mass is 16.5. The molecule has 0 aliphatic carbocycles. The molecular weight excluding hydrogens is 382 g/mol. The van der Waals surface area contributed by atoms with Gasteiger partial charge in [0.25, 0.3) is 5.91 Å². The third-order valence-corrected chi connectivity index (χ3v) is 5.28. The average molecular weight is 413 g/mol. The van der Waals surface area contributed by atoms with Gasteiger partial charge < -0.3 is 24.6 Å². The third kappa shape index (κ3) is 6.22. The summed E-state index contributed by atoms with van der Waals surface area (Å²) in [7, 11) is 1.61. The Balaban J connectivity index is 1.47. The lowest BCUT2D eigenvalue weighted by Crippen LogP contribution is -3.15. The second-order valence-corrected chi connectivity index (χ2v) is 7.47. The molecule has 0 radical (unpaired) electrons. The number of nitrogens with one attached hydrogen (secondary N) is 2. The Hall–Kier alpha value is -3.06. The Kier molecular flexibility index (Phi) is 7.68. The molecule has 0 aromatic heterocycles. The number of quaternary nitrogens is 1. The van der Waals surface area contributed by atoms with Crippen molar-refractivity contribution in [2.75, 3.05) is 39.8 Å². The number of carbonyl (C=O) groups excluding carboxylic acids is 2. The fourth-order valence-corrected chi connectivity index (χ4v) is 3.48. The second kappa shape index (κ2) is 10.6. The summed E-state index contributed by atoms with van der Waals surface area (Å²) < 4.78 is 11.3. The number of carbonyl (C=O) groups is 2. The van der Waals surface area contributed by atoms with Crippen molar-refractivity contribution in [1.82, 2.24) is 10.2 Å². The van der Waals surface area contributed by atoms with E-state index in [1.54, 1.807) is 14.0 Å². The first-order valence-electron chi connectivity index (χ1n) is 10.2. The summed E-state index contributed by atoms with van der Waals surface area (Å²) in [5.41, 5.74) is 2.03. The number of hydrogen-bond donors (Lipinski definition) is 2. The molecule has 0 bridgehead atoms. The van der Waals surface area contributed by atoms with Gasteiger partial charge in [-0.25, -0.2) is 0 Å². The summed E-state index contributed by atoms with van der Waals surface area (Å²) >= 11 is 0. The van der Waals surface area contributed by atoms with Crippen LogP contribution in [0.25, 0.3) is 0 Å². The van der Waals surface area contributed by atoms with E-state index in [1.165, 1.54) is 4.90 Å². The van der Waals surface area contributed by atoms with Crippen molar-refractivity contribution >= 4 is 11.8 Å². The van der Waals surface area contributed by atoms with Crippen LogP contribution in [-0.2, 0) is 22.7 Å². The highest BCUT2D eigenvalue weighted by Gasteiger charge is 2.23. The summed E-state index contributed by atoms with van der Waals surface area (Å²) in [5, 5.41) is 2.97. The molecule has 0 atom stereocenters. The SMILES string of the molecule is COc1cc(CNC(=O)C[NH+]2CCN(C(C)=O)CC2)ccc1OCc1ccccc1. The quantitative estimate of drug-likeness (QED) is 0.668. The first kappa shape index (κ1) is 21.6. The summed E-state index contributed by atoms with van der Waals surface area (Å²) in [4.78, 5) is 26.7. The zero-order valence-electron chi connectivity index (χ0n) is 17.6. The molecule has 7 heteroatoms. The van der Waals surface area contributed by atoms with Gasteiger partial charge in [0.05, 0.1) is 33.3 Å². The molecule has 2 amide bonds. The van der Waals surface area contributed by atoms with Crippen molar-refractivity contribution in [2.24, 2.45) is 0 Å². The molecule has 0 unspecified atom stereocenters. The van der Waals surface area contributed by atoms with Gasteiger partial charge in [-0.15, -0.1) is 0 Å². The van der Waals surface area contributed by atoms with E-state index in [1.807, 2.05) is 53.4 Å². The molecule has 1 heterocycles. The molecule has 2 N–H and O–H groups in total. The molecule has 1 fully saturated rings. The van der Waals surface area contributed by atoms with Crippen LogP contribution >= 0.6 is 0 Å². The predicted molar refractivity (Wildman–Crippen MR) is 113 cm³/mol. The summed E-state index contributed by atoms with van der Waals surface area (Å²) in [6.07, 6.45) is 0. The first-order chi connectivity index (χ1) is 14.5. The molecular formula is C23H30N3O4+. The normalized spacial score (nSPS) is 14.3. The topological polar surface area (TPSA) is 72.3 Å². The van der Waals surface area contributed by atoms with Gasteiger partial charge in [0.2, 0.25) is 5.91 Å². The van der Waals surface area contributed by atoms with Crippen molar-refractivity contribution in [3.8, 4) is 11.5 Å². The minimum absolute atomic E-state index is 0.00430. The Morgan fingerprint density at radius 3 is 2.43 bits per heavy atom. The number of nitrogens with zero attached hydrogens (tertiary/aromatic N) is 1. The molecule has 2 aromatic carbocycles. The largest absolute Gasteiger partial charge is 0.493 e. The van der Waals surface area contributed by atoms with Crippen LogP contribution in [-0.4, -0.2) is 56.5 Å². The van der Waals surface area contributed by atoms with Crippen molar-refractivity contribution in [3.63, 3.8) is 0 Å². The van der Waals surface area contributed by atoms with E-state index in [0.717, 1.165) is 24.2 Å². The molecule has 0 spiro atoms. The summed E-state index contributed by atoms with van der Waals surface area (Å²) in [6, 6.07) is 15.6. The van der Waals surface area contributed by atoms with Crippen molar-refractivity contribution in [2.45, 2.75) is 20.1 Å². The van der Waals surface area contributed by atoms with Crippen molar-refractivity contribution in [3.05, 3.63) is 59.7 Å². The number of ether oxygens (including phenoxy) is 2. The van der Waals surface area contributed by atoms with Gasteiger partial charge >= 0.3 is 0 Å². The van der Waals surface area contributed by atoms with Gasteiger partial charge in [-0.05, 0) is 23.3 Å². The fraction of sp³-hybridized carbons (Fsp3) is 0.391. The van der Waals surface area contributed by atoms with Gasteiger partial charge in [0.1, 0.15) is 6.61 Å². The first-order valence-corrected chi connectivity index (χ1v) is 10.2. The van der Waals surface area contributed by atoms with Crippen LogP contribution in [0.3, 0.4) is 0 Å². The second-order valence-electron chi connectivity index (χ2n) is 7.47. The lowest BCUT2D eigenvalue weighted by molar-refractivity contribution is -0.896. The lowest BCUT2D eigenvalue weighted by atomic mass is 10.2. The minimum Gasteiger partial charge on any atom is -0.493 e. The van der Waals surface area contributed by atoms with Crippen LogP contribution in [0.4, 0.5) is 0 Å². The van der Waals surface area contributed by atoms with Crippen LogP contribution in [0.5, 0.6) is 11.5 Å². The van der Waals surface area contributed by atoms with E-state index in [9.17, 15) is 9.59 Å². The zero-order chi connectivity index (χ0) is 21.3. The Morgan fingerprint density at radius 1 is 1.03 bits per heavy atom. The molecule has 1 saturated heterocycles. The number of rotatable bonds is 8. The van der Waals surface area contributed by atoms with Crippen molar-refractivity contribution < 1.29 is 24.0 Å². The van der Waals surface area contributed by atoms with E-state index in [-0.39, 0.29) is 11.8 Å². The smallest absolute Gasteiger partial charge is 0.275 e. The third-order valence-electron chi connectivity index (χ3n) is 5.28. The Bertz CT molecular complexity index is 849. The predicted octanol–water partition coefficient (Wildman–Crippen LogP) is 0.637. The van der Waals surface area contributed by atoms with Gasteiger partial charge in [-0.2, -0.15) is 0 Å². The highest BCUT2D eigenvalue weighted by Crippen LogP contribution is 2.28. The van der Waals surface area contributed by atoms with Crippen LogP contribution in [0.1, 0.15) is 18.1 Å². The number of benzene rings is 2. The monoisotopic (exact) mass is 412 g/mol. The Morgan fingerprint density at radius 2 is 1.77 bits per heavy atom. The maximum absolute atomic E-state index is 12.3. The van der Waals surface area contributed by atoms with Crippen molar-refractivity contribution in [1.29, 1.82) is 0 Å². The molecule has 2 aromatic rings. The molecule has 1 aliphatic rings. The number of piperazine rings is 1. The molecule has 7 nitrogen and oxygen atoms in total. The number of methoxy groups -OCH3 is 1. The van der Waals surface area contributed by atoms with Crippen LogP contribution < -0.4 is 19.7 Å². The summed E-state index contributed by atoms with van der Waals surface area (Å²) in [6.45, 7) is 5.92. The number of amides is 2. The fourth-order valence-electron chi connectivity index (χ4n) is 3.48. The van der Waals surface area contributed by atoms with Gasteiger partial charge in [0.15, 0.2) is 18.0 Å². The van der Waals surface area contributed by atoms with E-state index in [2.05, 4.69) is 5.32 Å². The van der Waals surface area contributed by atoms with Gasteiger partial charge in [-0.3, -0.25) is 9.59 Å². The standard InChI is InChI=1S/C23H29N3O4/c1-18(27)26-12-10-25(11-13-26)16-23(28)24-15-20-8-9-21(22(14-20)29-2)30-17-19-6-4-3-5-7-19/h3-9,14H,10-13,15-17H2,1-2H3,(H,24,28)/p+1. The lowest BCUT2D eigenvalue weighted by Gasteiger charge is -2.31. The summed E-state index contributed by atoms with van der Waals surface area (Å²) in [5.74, 6) is 1.42. The molecule has 1 aliphatic heterocycles. The van der Waals surface area contributed by atoms with E-state index in [4.69, 9.17) is 9.47 Å². The van der Waals surface area contributed by atoms with E-state index < -0.39 is 0 Å². The van der Waals surface area contributed by atoms with Crippen LogP contribution in [0, 0.1) is 0 Å². The van der Waals surface area contributed by atoms with Gasteiger partial charge in [-0.1, -0.05) is 36.4 Å². The maximum Gasteiger partial charge on any atom is 0.275 e. The Labute approximate surface area is 177 Å². The molecule has 30 heavy (non-hydrogen) atoms. The van der Waals surface area contributed by atoms with Crippen LogP contribution in [0.15, 0.2) is 48.5 Å². The molecule has 3 rings (SSSR count). The van der Waals surface area contributed by atoms with E-state index in [0.29, 0.717) is 44.3 Å². The van der Waals surface area contributed by atoms with Crippen LogP contribution in [0.2, 0.25) is 0 Å². The maximum atomic E-state index is 12.3. The number of hydrogen-bond acceptors (Lipinski definition) is 4.